The van der Waals surface area contributed by atoms with E-state index in [1.54, 1.807) is 0 Å². The Bertz CT molecular complexity index is 640. The van der Waals surface area contributed by atoms with Crippen molar-refractivity contribution in [1.82, 2.24) is 4.72 Å². The van der Waals surface area contributed by atoms with E-state index < -0.39 is 16.0 Å². The van der Waals surface area contributed by atoms with Crippen LogP contribution in [-0.4, -0.2) is 38.2 Å². The van der Waals surface area contributed by atoms with Crippen LogP contribution in [0.3, 0.4) is 0 Å². The maximum Gasteiger partial charge on any atom is 0.335 e. The molecule has 0 saturated heterocycles. The average molecular weight is 378 g/mol. The SMILES string of the molecule is CCOC1CC(NS(=O)(=O)c2ccc(C(=O)O)cc2Br)C1. The highest BCUT2D eigenvalue weighted by atomic mass is 79.9. The van der Waals surface area contributed by atoms with Crippen molar-refractivity contribution in [3.63, 3.8) is 0 Å². The van der Waals surface area contributed by atoms with Crippen molar-refractivity contribution in [1.29, 1.82) is 0 Å². The van der Waals surface area contributed by atoms with E-state index in [9.17, 15) is 13.2 Å². The van der Waals surface area contributed by atoms with Crippen LogP contribution >= 0.6 is 15.9 Å². The van der Waals surface area contributed by atoms with Gasteiger partial charge in [0.1, 0.15) is 0 Å². The van der Waals surface area contributed by atoms with Crippen LogP contribution < -0.4 is 4.72 Å². The molecule has 0 aliphatic heterocycles. The van der Waals surface area contributed by atoms with E-state index in [0.717, 1.165) is 0 Å². The number of aromatic carboxylic acids is 1. The van der Waals surface area contributed by atoms with Crippen LogP contribution in [0.1, 0.15) is 30.1 Å². The number of benzene rings is 1. The third-order valence-electron chi connectivity index (χ3n) is 3.29. The second kappa shape index (κ2) is 6.43. The van der Waals surface area contributed by atoms with E-state index >= 15 is 0 Å². The van der Waals surface area contributed by atoms with Gasteiger partial charge in [0, 0.05) is 17.1 Å². The number of rotatable bonds is 6. The summed E-state index contributed by atoms with van der Waals surface area (Å²) in [5.74, 6) is -1.11. The third-order valence-corrected chi connectivity index (χ3v) is 5.78. The highest BCUT2D eigenvalue weighted by Gasteiger charge is 2.33. The minimum Gasteiger partial charge on any atom is -0.478 e. The molecule has 6 nitrogen and oxygen atoms in total. The first kappa shape index (κ1) is 16.4. The zero-order valence-electron chi connectivity index (χ0n) is 11.4. The molecule has 8 heteroatoms. The van der Waals surface area contributed by atoms with E-state index in [2.05, 4.69) is 20.7 Å². The molecule has 0 unspecified atom stereocenters. The number of hydrogen-bond acceptors (Lipinski definition) is 4. The highest BCUT2D eigenvalue weighted by molar-refractivity contribution is 9.10. The van der Waals surface area contributed by atoms with E-state index in [0.29, 0.717) is 19.4 Å². The first-order chi connectivity index (χ1) is 9.83. The fraction of sp³-hybridized carbons (Fsp3) is 0.462. The lowest BCUT2D eigenvalue weighted by Crippen LogP contribution is -2.47. The molecule has 1 aromatic carbocycles. The van der Waals surface area contributed by atoms with Crippen LogP contribution in [0.15, 0.2) is 27.6 Å². The Morgan fingerprint density at radius 2 is 2.14 bits per heavy atom. The van der Waals surface area contributed by atoms with E-state index in [-0.39, 0.29) is 27.1 Å². The molecule has 0 spiro atoms. The molecule has 0 bridgehead atoms. The molecular weight excluding hydrogens is 362 g/mol. The van der Waals surface area contributed by atoms with Crippen molar-refractivity contribution in [3.05, 3.63) is 28.2 Å². The highest BCUT2D eigenvalue weighted by Crippen LogP contribution is 2.28. The van der Waals surface area contributed by atoms with Gasteiger partial charge in [-0.15, -0.1) is 0 Å². The summed E-state index contributed by atoms with van der Waals surface area (Å²) in [5.41, 5.74) is 0.0286. The fourth-order valence-electron chi connectivity index (χ4n) is 2.17. The minimum absolute atomic E-state index is 0.0286. The molecule has 1 aliphatic carbocycles. The van der Waals surface area contributed by atoms with Crippen LogP contribution in [0.25, 0.3) is 0 Å². The molecule has 1 aromatic rings. The topological polar surface area (TPSA) is 92.7 Å². The van der Waals surface area contributed by atoms with Gasteiger partial charge in [0.15, 0.2) is 0 Å². The molecule has 0 heterocycles. The Hall–Kier alpha value is -0.960. The van der Waals surface area contributed by atoms with Crippen molar-refractivity contribution < 1.29 is 23.1 Å². The van der Waals surface area contributed by atoms with Gasteiger partial charge in [0.25, 0.3) is 0 Å². The van der Waals surface area contributed by atoms with Crippen LogP contribution in [0, 0.1) is 0 Å². The largest absolute Gasteiger partial charge is 0.478 e. The quantitative estimate of drug-likeness (QED) is 0.790. The predicted octanol–water partition coefficient (Wildman–Crippen LogP) is 1.99. The van der Waals surface area contributed by atoms with E-state index in [1.807, 2.05) is 6.92 Å². The van der Waals surface area contributed by atoms with Crippen LogP contribution in [-0.2, 0) is 14.8 Å². The van der Waals surface area contributed by atoms with Gasteiger partial charge in [-0.05, 0) is 53.9 Å². The smallest absolute Gasteiger partial charge is 0.335 e. The number of carboxylic acid groups (broad SMARTS) is 1. The monoisotopic (exact) mass is 377 g/mol. The third kappa shape index (κ3) is 3.82. The second-order valence-corrected chi connectivity index (χ2v) is 7.35. The molecule has 1 fully saturated rings. The van der Waals surface area contributed by atoms with Gasteiger partial charge >= 0.3 is 5.97 Å². The van der Waals surface area contributed by atoms with Crippen LogP contribution in [0.5, 0.6) is 0 Å². The Labute approximate surface area is 131 Å². The molecule has 0 atom stereocenters. The van der Waals surface area contributed by atoms with Gasteiger partial charge in [-0.3, -0.25) is 0 Å². The van der Waals surface area contributed by atoms with Gasteiger partial charge in [0.2, 0.25) is 10.0 Å². The number of nitrogens with one attached hydrogen (secondary N) is 1. The van der Waals surface area contributed by atoms with Gasteiger partial charge in [-0.2, -0.15) is 0 Å². The maximum absolute atomic E-state index is 12.3. The molecule has 1 aliphatic rings. The fourth-order valence-corrected chi connectivity index (χ4v) is 4.51. The standard InChI is InChI=1S/C13H16BrNO5S/c1-2-20-10-6-9(7-10)15-21(18,19)12-4-3-8(13(16)17)5-11(12)14/h3-5,9-10,15H,2,6-7H2,1H3,(H,16,17). The van der Waals surface area contributed by atoms with E-state index in [4.69, 9.17) is 9.84 Å². The summed E-state index contributed by atoms with van der Waals surface area (Å²) < 4.78 is 32.8. The Morgan fingerprint density at radius 1 is 1.48 bits per heavy atom. The molecule has 2 N–H and O–H groups in total. The summed E-state index contributed by atoms with van der Waals surface area (Å²) in [4.78, 5) is 10.9. The summed E-state index contributed by atoms with van der Waals surface area (Å²) in [5, 5.41) is 8.88. The summed E-state index contributed by atoms with van der Waals surface area (Å²) in [6, 6.07) is 3.69. The summed E-state index contributed by atoms with van der Waals surface area (Å²) in [6.45, 7) is 2.52. The summed E-state index contributed by atoms with van der Waals surface area (Å²) >= 11 is 3.11. The molecule has 2 rings (SSSR count). The number of halogens is 1. The minimum atomic E-state index is -3.68. The van der Waals surface area contributed by atoms with E-state index in [1.165, 1.54) is 18.2 Å². The molecule has 0 aromatic heterocycles. The molecule has 0 amide bonds. The van der Waals surface area contributed by atoms with Crippen molar-refractivity contribution in [2.45, 2.75) is 36.8 Å². The van der Waals surface area contributed by atoms with Gasteiger partial charge in [0.05, 0.1) is 16.6 Å². The van der Waals surface area contributed by atoms with Crippen molar-refractivity contribution in [2.24, 2.45) is 0 Å². The molecule has 21 heavy (non-hydrogen) atoms. The Balaban J connectivity index is 2.08. The molecule has 1 saturated carbocycles. The normalized spacial score (nSPS) is 21.8. The van der Waals surface area contributed by atoms with Gasteiger partial charge in [-0.25, -0.2) is 17.9 Å². The number of carboxylic acids is 1. The lowest BCUT2D eigenvalue weighted by Gasteiger charge is -2.35. The molecule has 116 valence electrons. The zero-order chi connectivity index (χ0) is 15.6. The zero-order valence-corrected chi connectivity index (χ0v) is 13.8. The number of carbonyl (C=O) groups is 1. The average Bonchev–Trinajstić information content (AvgIpc) is 2.35. The first-order valence-corrected chi connectivity index (χ1v) is 8.78. The molecule has 0 radical (unpaired) electrons. The van der Waals surface area contributed by atoms with Crippen LogP contribution in [0.2, 0.25) is 0 Å². The summed E-state index contributed by atoms with van der Waals surface area (Å²) in [6.07, 6.45) is 1.41. The van der Waals surface area contributed by atoms with Crippen molar-refractivity contribution in [2.75, 3.05) is 6.61 Å². The predicted molar refractivity (Wildman–Crippen MR) is 79.9 cm³/mol. The Morgan fingerprint density at radius 3 is 2.67 bits per heavy atom. The van der Waals surface area contributed by atoms with Crippen LogP contribution in [0.4, 0.5) is 0 Å². The lowest BCUT2D eigenvalue weighted by atomic mass is 9.90. The first-order valence-electron chi connectivity index (χ1n) is 6.50. The number of sulfonamides is 1. The molecular formula is C13H16BrNO5S. The van der Waals surface area contributed by atoms with Crippen molar-refractivity contribution >= 4 is 31.9 Å². The van der Waals surface area contributed by atoms with Gasteiger partial charge in [-0.1, -0.05) is 0 Å². The second-order valence-electron chi connectivity index (χ2n) is 4.82. The lowest BCUT2D eigenvalue weighted by molar-refractivity contribution is -0.00476. The van der Waals surface area contributed by atoms with Gasteiger partial charge < -0.3 is 9.84 Å². The number of ether oxygens (including phenoxy) is 1. The Kier molecular flexibility index (Phi) is 5.03. The summed E-state index contributed by atoms with van der Waals surface area (Å²) in [7, 11) is -3.68. The maximum atomic E-state index is 12.3. The number of hydrogen-bond donors (Lipinski definition) is 2. The van der Waals surface area contributed by atoms with Crippen molar-refractivity contribution in [3.8, 4) is 0 Å².